The van der Waals surface area contributed by atoms with Crippen LogP contribution in [0.25, 0.3) is 0 Å². The molecule has 262 valence electrons. The first kappa shape index (κ1) is 36.5. The first-order valence-electron chi connectivity index (χ1n) is 18.0. The van der Waals surface area contributed by atoms with Gasteiger partial charge >= 0.3 is 0 Å². The molecule has 5 aromatic rings. The van der Waals surface area contributed by atoms with Gasteiger partial charge in [-0.05, 0) is 83.6 Å². The average molecular weight is 715 g/mol. The molecule has 0 amide bonds. The van der Waals surface area contributed by atoms with Crippen molar-refractivity contribution in [3.63, 3.8) is 0 Å². The predicted molar refractivity (Wildman–Crippen MR) is 209 cm³/mol. The fourth-order valence-electron chi connectivity index (χ4n) is 6.15. The number of ketones is 2. The van der Waals surface area contributed by atoms with Crippen molar-refractivity contribution in [2.45, 2.75) is 97.8 Å². The third-order valence-corrected chi connectivity index (χ3v) is 11.2. The van der Waals surface area contributed by atoms with Gasteiger partial charge in [-0.2, -0.15) is 0 Å². The molecule has 0 atom stereocenters. The number of carbonyl (C=O) groups excluding carboxylic acids is 2. The molecule has 51 heavy (non-hydrogen) atoms. The zero-order valence-corrected chi connectivity index (χ0v) is 31.6. The summed E-state index contributed by atoms with van der Waals surface area (Å²) in [5, 5.41) is 0. The van der Waals surface area contributed by atoms with Crippen molar-refractivity contribution in [3.8, 4) is 11.5 Å². The Hall–Kier alpha value is -4.26. The minimum absolute atomic E-state index is 0.115. The Balaban J connectivity index is 1.10. The van der Waals surface area contributed by atoms with Crippen molar-refractivity contribution in [3.05, 3.63) is 143 Å². The highest BCUT2D eigenvalue weighted by Crippen LogP contribution is 2.41. The van der Waals surface area contributed by atoms with Crippen LogP contribution in [0, 0.1) is 0 Å². The number of carbonyl (C=O) groups is 2. The van der Waals surface area contributed by atoms with Gasteiger partial charge in [0.25, 0.3) is 0 Å². The number of unbranched alkanes of at least 4 members (excludes halogenated alkanes) is 5. The normalized spacial score (nSPS) is 12.4. The van der Waals surface area contributed by atoms with Gasteiger partial charge in [0.2, 0.25) is 0 Å². The van der Waals surface area contributed by atoms with Crippen LogP contribution in [0.2, 0.25) is 0 Å². The van der Waals surface area contributed by atoms with Crippen molar-refractivity contribution < 1.29 is 19.1 Å². The van der Waals surface area contributed by atoms with Crippen LogP contribution >= 0.6 is 23.5 Å². The van der Waals surface area contributed by atoms with E-state index in [1.165, 1.54) is 61.2 Å². The summed E-state index contributed by atoms with van der Waals surface area (Å²) >= 11 is 2.98. The maximum atomic E-state index is 14.1. The van der Waals surface area contributed by atoms with Crippen molar-refractivity contribution in [1.82, 2.24) is 0 Å². The molecule has 4 nitrogen and oxygen atoms in total. The molecule has 0 N–H and O–H groups in total. The highest BCUT2D eigenvalue weighted by atomic mass is 32.2. The van der Waals surface area contributed by atoms with E-state index in [4.69, 9.17) is 9.47 Å². The molecule has 0 radical (unpaired) electrons. The highest BCUT2D eigenvalue weighted by Gasteiger charge is 2.33. The van der Waals surface area contributed by atoms with Crippen LogP contribution in [0.4, 0.5) is 0 Å². The van der Waals surface area contributed by atoms with Crippen LogP contribution in [0.15, 0.2) is 129 Å². The second-order valence-electron chi connectivity index (χ2n) is 14.0. The van der Waals surface area contributed by atoms with Gasteiger partial charge < -0.3 is 9.47 Å². The summed E-state index contributed by atoms with van der Waals surface area (Å²) in [6, 6.07) is 35.5. The van der Waals surface area contributed by atoms with E-state index < -0.39 is 0 Å². The van der Waals surface area contributed by atoms with Crippen molar-refractivity contribution in [1.29, 1.82) is 0 Å². The molecule has 1 aliphatic rings. The Morgan fingerprint density at radius 2 is 1.04 bits per heavy atom. The molecular formula is C45H46O4S2. The molecule has 0 bridgehead atoms. The van der Waals surface area contributed by atoms with Crippen LogP contribution < -0.4 is 9.47 Å². The van der Waals surface area contributed by atoms with E-state index in [1.54, 1.807) is 12.1 Å². The van der Waals surface area contributed by atoms with Gasteiger partial charge in [-0.1, -0.05) is 132 Å². The molecule has 5 aromatic carbocycles. The molecule has 0 aromatic heterocycles. The van der Waals surface area contributed by atoms with E-state index >= 15 is 0 Å². The lowest BCUT2D eigenvalue weighted by atomic mass is 9.84. The molecule has 0 fully saturated rings. The van der Waals surface area contributed by atoms with E-state index in [2.05, 4.69) is 52.0 Å². The smallest absolute Gasteiger partial charge is 0.195 e. The highest BCUT2D eigenvalue weighted by molar-refractivity contribution is 7.99. The summed E-state index contributed by atoms with van der Waals surface area (Å²) in [7, 11) is 0. The number of hydrogen-bond acceptors (Lipinski definition) is 6. The molecule has 1 aliphatic carbocycles. The molecule has 6 rings (SSSR count). The Bertz CT molecular complexity index is 1960. The van der Waals surface area contributed by atoms with Crippen molar-refractivity contribution >= 4 is 35.1 Å². The first-order valence-corrected chi connectivity index (χ1v) is 19.6. The number of hydrogen-bond donors (Lipinski definition) is 0. The van der Waals surface area contributed by atoms with Gasteiger partial charge in [0.05, 0.1) is 6.61 Å². The number of benzene rings is 5. The lowest BCUT2D eigenvalue weighted by Gasteiger charge is -2.22. The number of rotatable bonds is 15. The van der Waals surface area contributed by atoms with Crippen molar-refractivity contribution in [2.75, 3.05) is 6.61 Å². The van der Waals surface area contributed by atoms with Crippen molar-refractivity contribution in [2.24, 2.45) is 0 Å². The monoisotopic (exact) mass is 714 g/mol. The second-order valence-corrected chi connectivity index (χ2v) is 16.2. The topological polar surface area (TPSA) is 52.6 Å². The lowest BCUT2D eigenvalue weighted by Crippen LogP contribution is -2.22. The van der Waals surface area contributed by atoms with E-state index in [0.717, 1.165) is 43.1 Å². The zero-order chi connectivity index (χ0) is 35.8. The predicted octanol–water partition coefficient (Wildman–Crippen LogP) is 12.4. The minimum Gasteiger partial charge on any atom is -0.494 e. The van der Waals surface area contributed by atoms with Gasteiger partial charge in [0.15, 0.2) is 11.6 Å². The Morgan fingerprint density at radius 1 is 0.549 bits per heavy atom. The first-order chi connectivity index (χ1) is 24.7. The Kier molecular flexibility index (Phi) is 12.1. The summed E-state index contributed by atoms with van der Waals surface area (Å²) in [6.07, 6.45) is 7.37. The maximum absolute atomic E-state index is 14.1. The molecule has 0 unspecified atom stereocenters. The molecule has 0 heterocycles. The maximum Gasteiger partial charge on any atom is 0.195 e. The van der Waals surface area contributed by atoms with Crippen LogP contribution in [0.5, 0.6) is 11.5 Å². The van der Waals surface area contributed by atoms with Gasteiger partial charge in [-0.15, -0.1) is 0 Å². The summed E-state index contributed by atoms with van der Waals surface area (Å²) in [5.41, 5.74) is 4.36. The minimum atomic E-state index is -0.124. The Morgan fingerprint density at radius 3 is 1.55 bits per heavy atom. The van der Waals surface area contributed by atoms with E-state index in [9.17, 15) is 9.59 Å². The molecule has 6 heteroatoms. The second kappa shape index (κ2) is 16.8. The van der Waals surface area contributed by atoms with Crippen LogP contribution in [0.3, 0.4) is 0 Å². The van der Waals surface area contributed by atoms with Gasteiger partial charge in [0, 0.05) is 41.8 Å². The SMILES string of the molecule is CCCCCCCCOc1ccc(Sc2cccc3c2C(=O)c2cccc(Sc4ccc(OCc5ccc(C(C)(C)C)cc5)cc4)c2C3=O)cc1. The molecule has 0 saturated carbocycles. The largest absolute Gasteiger partial charge is 0.494 e. The van der Waals surface area contributed by atoms with Gasteiger partial charge in [-0.3, -0.25) is 9.59 Å². The van der Waals surface area contributed by atoms with E-state index in [0.29, 0.717) is 35.5 Å². The van der Waals surface area contributed by atoms with Crippen LogP contribution in [-0.2, 0) is 12.0 Å². The molecular weight excluding hydrogens is 669 g/mol. The average Bonchev–Trinajstić information content (AvgIpc) is 3.13. The fourth-order valence-corrected chi connectivity index (χ4v) is 8.11. The quantitative estimate of drug-likeness (QED) is 0.0987. The third-order valence-electron chi connectivity index (χ3n) is 9.09. The van der Waals surface area contributed by atoms with E-state index in [-0.39, 0.29) is 17.0 Å². The molecule has 0 saturated heterocycles. The standard InChI is InChI=1S/C45H46O4S2/c1-5-6-7-8-9-10-29-48-33-21-25-35(26-22-33)50-39-15-11-13-37-41(39)43(46)38-14-12-16-40(42(38)44(37)47)51-36-27-23-34(24-28-36)49-30-31-17-19-32(20-18-31)45(2,3)4/h11-28H,5-10,29-30H2,1-4H3. The van der Waals surface area contributed by atoms with E-state index in [1.807, 2.05) is 72.8 Å². The lowest BCUT2D eigenvalue weighted by molar-refractivity contribution is 0.0974. The summed E-state index contributed by atoms with van der Waals surface area (Å²) in [4.78, 5) is 31.6. The molecule has 0 aliphatic heterocycles. The Labute approximate surface area is 311 Å². The number of fused-ring (bicyclic) bond motifs is 2. The van der Waals surface area contributed by atoms with Gasteiger partial charge in [-0.25, -0.2) is 0 Å². The van der Waals surface area contributed by atoms with Gasteiger partial charge in [0.1, 0.15) is 18.1 Å². The third kappa shape index (κ3) is 9.16. The summed E-state index contributed by atoms with van der Waals surface area (Å²) < 4.78 is 12.0. The molecule has 0 spiro atoms. The summed E-state index contributed by atoms with van der Waals surface area (Å²) in [5.74, 6) is 1.37. The summed E-state index contributed by atoms with van der Waals surface area (Å²) in [6.45, 7) is 10.1. The number of ether oxygens (including phenoxy) is 2. The van der Waals surface area contributed by atoms with Crippen LogP contribution in [0.1, 0.15) is 109 Å². The van der Waals surface area contributed by atoms with Crippen LogP contribution in [-0.4, -0.2) is 18.2 Å². The fraction of sp³-hybridized carbons (Fsp3) is 0.289. The zero-order valence-electron chi connectivity index (χ0n) is 30.0.